The highest BCUT2D eigenvalue weighted by Gasteiger charge is 2.05. The Morgan fingerprint density at radius 2 is 2.26 bits per heavy atom. The number of thiocarbonyl (C=S) groups is 1. The van der Waals surface area contributed by atoms with Gasteiger partial charge in [-0.15, -0.1) is 0 Å². The highest BCUT2D eigenvalue weighted by Crippen LogP contribution is 2.11. The van der Waals surface area contributed by atoms with Gasteiger partial charge in [0.15, 0.2) is 0 Å². The van der Waals surface area contributed by atoms with Crippen LogP contribution in [0.15, 0.2) is 24.5 Å². The second-order valence-corrected chi connectivity index (χ2v) is 4.72. The Balaban J connectivity index is 2.03. The summed E-state index contributed by atoms with van der Waals surface area (Å²) in [7, 11) is 1.93. The zero-order valence-corrected chi connectivity index (χ0v) is 11.9. The summed E-state index contributed by atoms with van der Waals surface area (Å²) in [5, 5.41) is 7.67. The molecular formula is C13H17N5S. The molecule has 0 aliphatic carbocycles. The molecule has 2 heterocycles. The van der Waals surface area contributed by atoms with Crippen LogP contribution in [0.4, 0.5) is 5.82 Å². The molecular weight excluding hydrogens is 258 g/mol. The molecule has 0 saturated heterocycles. The summed E-state index contributed by atoms with van der Waals surface area (Å²) in [4.78, 5) is 4.63. The van der Waals surface area contributed by atoms with E-state index in [4.69, 9.17) is 18.0 Å². The van der Waals surface area contributed by atoms with Crippen LogP contribution in [0.25, 0.3) is 0 Å². The maximum absolute atomic E-state index is 5.53. The first-order valence-electron chi connectivity index (χ1n) is 6.11. The topological polar surface area (TPSA) is 68.8 Å². The van der Waals surface area contributed by atoms with Crippen LogP contribution < -0.4 is 11.1 Å². The summed E-state index contributed by atoms with van der Waals surface area (Å²) >= 11 is 4.89. The molecule has 0 aromatic carbocycles. The van der Waals surface area contributed by atoms with Crippen LogP contribution in [0.5, 0.6) is 0 Å². The largest absolute Gasteiger partial charge is 0.389 e. The van der Waals surface area contributed by atoms with Crippen LogP contribution in [0.1, 0.15) is 23.7 Å². The standard InChI is InChI=1S/C13H17N5S/c1-3-11-10(8-18(2)17-11)7-16-12-5-4-9(6-15-12)13(14)19/h4-6,8H,3,7H2,1-2H3,(H2,14,19)(H,15,16). The Morgan fingerprint density at radius 1 is 1.47 bits per heavy atom. The minimum atomic E-state index is 0.361. The molecule has 0 amide bonds. The minimum Gasteiger partial charge on any atom is -0.389 e. The lowest BCUT2D eigenvalue weighted by molar-refractivity contribution is 0.746. The minimum absolute atomic E-state index is 0.361. The van der Waals surface area contributed by atoms with Crippen molar-refractivity contribution in [3.63, 3.8) is 0 Å². The molecule has 0 atom stereocenters. The van der Waals surface area contributed by atoms with Gasteiger partial charge in [0.25, 0.3) is 0 Å². The molecule has 6 heteroatoms. The molecule has 5 nitrogen and oxygen atoms in total. The molecule has 19 heavy (non-hydrogen) atoms. The van der Waals surface area contributed by atoms with Gasteiger partial charge >= 0.3 is 0 Å². The number of anilines is 1. The zero-order valence-electron chi connectivity index (χ0n) is 11.1. The highest BCUT2D eigenvalue weighted by atomic mass is 32.1. The lowest BCUT2D eigenvalue weighted by atomic mass is 10.2. The Kier molecular flexibility index (Phi) is 4.11. The van der Waals surface area contributed by atoms with Crippen molar-refractivity contribution in [2.24, 2.45) is 12.8 Å². The fourth-order valence-electron chi connectivity index (χ4n) is 1.86. The maximum atomic E-state index is 5.53. The monoisotopic (exact) mass is 275 g/mol. The van der Waals surface area contributed by atoms with Gasteiger partial charge in [-0.3, -0.25) is 4.68 Å². The van der Waals surface area contributed by atoms with Gasteiger partial charge in [0.05, 0.1) is 5.69 Å². The van der Waals surface area contributed by atoms with Crippen molar-refractivity contribution in [3.05, 3.63) is 41.3 Å². The molecule has 0 aliphatic heterocycles. The molecule has 3 N–H and O–H groups in total. The van der Waals surface area contributed by atoms with Gasteiger partial charge in [0.2, 0.25) is 0 Å². The smallest absolute Gasteiger partial charge is 0.126 e. The van der Waals surface area contributed by atoms with Crippen LogP contribution in [0.2, 0.25) is 0 Å². The average Bonchev–Trinajstić information content (AvgIpc) is 2.77. The Hall–Kier alpha value is -1.95. The van der Waals surface area contributed by atoms with Gasteiger partial charge in [0, 0.05) is 37.1 Å². The van der Waals surface area contributed by atoms with E-state index in [1.54, 1.807) is 6.20 Å². The summed E-state index contributed by atoms with van der Waals surface area (Å²) in [6, 6.07) is 3.73. The van der Waals surface area contributed by atoms with Gasteiger partial charge < -0.3 is 11.1 Å². The van der Waals surface area contributed by atoms with E-state index in [-0.39, 0.29) is 0 Å². The first-order valence-corrected chi connectivity index (χ1v) is 6.52. The van der Waals surface area contributed by atoms with Crippen molar-refractivity contribution < 1.29 is 0 Å². The zero-order chi connectivity index (χ0) is 13.8. The summed E-state index contributed by atoms with van der Waals surface area (Å²) in [5.41, 5.74) is 8.60. The van der Waals surface area contributed by atoms with Crippen LogP contribution in [-0.2, 0) is 20.0 Å². The Morgan fingerprint density at radius 3 is 2.84 bits per heavy atom. The molecule has 2 aromatic heterocycles. The van der Waals surface area contributed by atoms with Crippen molar-refractivity contribution in [3.8, 4) is 0 Å². The van der Waals surface area contributed by atoms with Gasteiger partial charge in [-0.05, 0) is 18.6 Å². The van der Waals surface area contributed by atoms with E-state index < -0.39 is 0 Å². The van der Waals surface area contributed by atoms with E-state index in [2.05, 4.69) is 22.3 Å². The average molecular weight is 275 g/mol. The van der Waals surface area contributed by atoms with Crippen molar-refractivity contribution in [1.29, 1.82) is 0 Å². The third-order valence-electron chi connectivity index (χ3n) is 2.83. The van der Waals surface area contributed by atoms with Gasteiger partial charge in [0.1, 0.15) is 10.8 Å². The van der Waals surface area contributed by atoms with E-state index in [1.165, 1.54) is 5.56 Å². The third kappa shape index (κ3) is 3.29. The predicted molar refractivity (Wildman–Crippen MR) is 80.0 cm³/mol. The van der Waals surface area contributed by atoms with Gasteiger partial charge in [-0.2, -0.15) is 5.10 Å². The quantitative estimate of drug-likeness (QED) is 0.812. The number of nitrogens with one attached hydrogen (secondary N) is 1. The maximum Gasteiger partial charge on any atom is 0.126 e. The molecule has 0 spiro atoms. The fourth-order valence-corrected chi connectivity index (χ4v) is 1.98. The number of nitrogens with zero attached hydrogens (tertiary/aromatic N) is 3. The summed E-state index contributed by atoms with van der Waals surface area (Å²) in [5.74, 6) is 0.797. The number of aromatic nitrogens is 3. The first-order chi connectivity index (χ1) is 9.10. The van der Waals surface area contributed by atoms with E-state index in [1.807, 2.05) is 30.1 Å². The summed E-state index contributed by atoms with van der Waals surface area (Å²) in [6.07, 6.45) is 4.62. The Bertz CT molecular complexity index is 573. The predicted octanol–water partition coefficient (Wildman–Crippen LogP) is 1.62. The number of nitrogens with two attached hydrogens (primary N) is 1. The molecule has 0 unspecified atom stereocenters. The molecule has 0 saturated carbocycles. The van der Waals surface area contributed by atoms with Crippen LogP contribution in [0, 0.1) is 0 Å². The number of hydrogen-bond donors (Lipinski definition) is 2. The number of hydrogen-bond acceptors (Lipinski definition) is 4. The highest BCUT2D eigenvalue weighted by molar-refractivity contribution is 7.80. The number of pyridine rings is 1. The molecule has 0 radical (unpaired) electrons. The number of rotatable bonds is 5. The van der Waals surface area contributed by atoms with Crippen molar-refractivity contribution in [1.82, 2.24) is 14.8 Å². The van der Waals surface area contributed by atoms with Crippen molar-refractivity contribution in [2.45, 2.75) is 19.9 Å². The Labute approximate surface area is 117 Å². The van der Waals surface area contributed by atoms with Crippen molar-refractivity contribution >= 4 is 23.0 Å². The molecule has 0 bridgehead atoms. The second-order valence-electron chi connectivity index (χ2n) is 4.28. The van der Waals surface area contributed by atoms with Gasteiger partial charge in [-0.1, -0.05) is 19.1 Å². The van der Waals surface area contributed by atoms with E-state index in [0.717, 1.165) is 23.5 Å². The fraction of sp³-hybridized carbons (Fsp3) is 0.308. The van der Waals surface area contributed by atoms with Crippen LogP contribution in [0.3, 0.4) is 0 Å². The van der Waals surface area contributed by atoms with Crippen LogP contribution >= 0.6 is 12.2 Å². The number of aryl methyl sites for hydroxylation is 2. The first kappa shape index (κ1) is 13.5. The van der Waals surface area contributed by atoms with Crippen molar-refractivity contribution in [2.75, 3.05) is 5.32 Å². The lowest BCUT2D eigenvalue weighted by Gasteiger charge is -2.05. The van der Waals surface area contributed by atoms with Crippen LogP contribution in [-0.4, -0.2) is 19.8 Å². The molecule has 2 aromatic rings. The molecule has 100 valence electrons. The SMILES string of the molecule is CCc1nn(C)cc1CNc1ccc(C(N)=S)cn1. The molecule has 0 fully saturated rings. The van der Waals surface area contributed by atoms with Gasteiger partial charge in [-0.25, -0.2) is 4.98 Å². The molecule has 2 rings (SSSR count). The van der Waals surface area contributed by atoms with E-state index >= 15 is 0 Å². The second kappa shape index (κ2) is 5.79. The summed E-state index contributed by atoms with van der Waals surface area (Å²) < 4.78 is 1.83. The van der Waals surface area contributed by atoms with E-state index in [0.29, 0.717) is 11.5 Å². The van der Waals surface area contributed by atoms with E-state index in [9.17, 15) is 0 Å². The summed E-state index contributed by atoms with van der Waals surface area (Å²) in [6.45, 7) is 2.80. The lowest BCUT2D eigenvalue weighted by Crippen LogP contribution is -2.10. The normalized spacial score (nSPS) is 10.4. The molecule has 0 aliphatic rings. The third-order valence-corrected chi connectivity index (χ3v) is 3.07.